The topological polar surface area (TPSA) is 47.5 Å². The SMILES string of the molecule is Cc1cc(C)cc(-c2cc3ncnc(N(CC4=COCO4)Cc4ccccc4)c3s2)c1. The summed E-state index contributed by atoms with van der Waals surface area (Å²) in [6.07, 6.45) is 3.33. The van der Waals surface area contributed by atoms with E-state index >= 15 is 0 Å². The van der Waals surface area contributed by atoms with Crippen LogP contribution in [-0.2, 0) is 16.0 Å². The van der Waals surface area contributed by atoms with E-state index in [1.54, 1.807) is 23.9 Å². The van der Waals surface area contributed by atoms with Crippen molar-refractivity contribution < 1.29 is 9.47 Å². The molecule has 2 aromatic heterocycles. The highest BCUT2D eigenvalue weighted by atomic mass is 32.1. The van der Waals surface area contributed by atoms with E-state index in [2.05, 4.69) is 77.2 Å². The summed E-state index contributed by atoms with van der Waals surface area (Å²) in [5, 5.41) is 0. The fraction of sp³-hybridized carbons (Fsp3) is 0.200. The monoisotopic (exact) mass is 429 g/mol. The molecule has 31 heavy (non-hydrogen) atoms. The van der Waals surface area contributed by atoms with Crippen LogP contribution in [0.1, 0.15) is 16.7 Å². The van der Waals surface area contributed by atoms with E-state index in [-0.39, 0.29) is 6.79 Å². The molecule has 0 spiro atoms. The Balaban J connectivity index is 1.57. The zero-order valence-electron chi connectivity index (χ0n) is 17.5. The fourth-order valence-electron chi connectivity index (χ4n) is 3.88. The first-order valence-corrected chi connectivity index (χ1v) is 11.0. The maximum atomic E-state index is 5.61. The van der Waals surface area contributed by atoms with Gasteiger partial charge in [-0.25, -0.2) is 9.97 Å². The molecule has 0 N–H and O–H groups in total. The highest BCUT2D eigenvalue weighted by molar-refractivity contribution is 7.22. The summed E-state index contributed by atoms with van der Waals surface area (Å²) in [6.45, 7) is 5.83. The van der Waals surface area contributed by atoms with Gasteiger partial charge >= 0.3 is 0 Å². The highest BCUT2D eigenvalue weighted by Gasteiger charge is 2.20. The van der Waals surface area contributed by atoms with E-state index in [1.807, 2.05) is 6.07 Å². The molecule has 0 aliphatic carbocycles. The fourth-order valence-corrected chi connectivity index (χ4v) is 4.99. The quantitative estimate of drug-likeness (QED) is 0.386. The van der Waals surface area contributed by atoms with Gasteiger partial charge in [0.05, 0.1) is 16.8 Å². The number of rotatable bonds is 6. The summed E-state index contributed by atoms with van der Waals surface area (Å²) in [6, 6.07) is 19.2. The van der Waals surface area contributed by atoms with Crippen molar-refractivity contribution >= 4 is 27.4 Å². The summed E-state index contributed by atoms with van der Waals surface area (Å²) < 4.78 is 12.0. The van der Waals surface area contributed by atoms with Crippen LogP contribution in [0.15, 0.2) is 72.9 Å². The Morgan fingerprint density at radius 1 is 0.968 bits per heavy atom. The van der Waals surface area contributed by atoms with Crippen LogP contribution in [-0.4, -0.2) is 23.3 Å². The van der Waals surface area contributed by atoms with Crippen LogP contribution in [0.2, 0.25) is 0 Å². The third-order valence-corrected chi connectivity index (χ3v) is 6.36. The van der Waals surface area contributed by atoms with Gasteiger partial charge in [-0.05, 0) is 31.0 Å². The maximum absolute atomic E-state index is 5.61. The Morgan fingerprint density at radius 2 is 1.77 bits per heavy atom. The second kappa shape index (κ2) is 8.40. The van der Waals surface area contributed by atoms with E-state index < -0.39 is 0 Å². The molecule has 156 valence electrons. The van der Waals surface area contributed by atoms with Gasteiger partial charge < -0.3 is 14.4 Å². The second-order valence-corrected chi connectivity index (χ2v) is 8.81. The van der Waals surface area contributed by atoms with Crippen LogP contribution >= 0.6 is 11.3 Å². The van der Waals surface area contributed by atoms with Crippen LogP contribution in [0.4, 0.5) is 5.82 Å². The van der Waals surface area contributed by atoms with Gasteiger partial charge in [0.25, 0.3) is 0 Å². The number of aromatic nitrogens is 2. The highest BCUT2D eigenvalue weighted by Crippen LogP contribution is 2.38. The third-order valence-electron chi connectivity index (χ3n) is 5.19. The molecule has 0 saturated carbocycles. The van der Waals surface area contributed by atoms with Gasteiger partial charge in [-0.15, -0.1) is 11.3 Å². The lowest BCUT2D eigenvalue weighted by atomic mass is 10.1. The summed E-state index contributed by atoms with van der Waals surface area (Å²) in [5.74, 6) is 1.71. The van der Waals surface area contributed by atoms with E-state index in [9.17, 15) is 0 Å². The number of anilines is 1. The van der Waals surface area contributed by atoms with Crippen molar-refractivity contribution in [2.45, 2.75) is 20.4 Å². The van der Waals surface area contributed by atoms with Gasteiger partial charge in [-0.3, -0.25) is 0 Å². The lowest BCUT2D eigenvalue weighted by Gasteiger charge is -2.24. The van der Waals surface area contributed by atoms with Crippen molar-refractivity contribution in [3.05, 3.63) is 89.6 Å². The maximum Gasteiger partial charge on any atom is 0.229 e. The van der Waals surface area contributed by atoms with Crippen molar-refractivity contribution in [3.8, 4) is 10.4 Å². The van der Waals surface area contributed by atoms with Crippen molar-refractivity contribution in [1.29, 1.82) is 0 Å². The normalized spacial score (nSPS) is 13.0. The van der Waals surface area contributed by atoms with Crippen LogP contribution in [0, 0.1) is 13.8 Å². The molecule has 5 nitrogen and oxygen atoms in total. The molecule has 1 aliphatic heterocycles. The van der Waals surface area contributed by atoms with E-state index in [0.29, 0.717) is 13.1 Å². The smallest absolute Gasteiger partial charge is 0.229 e. The molecular formula is C25H23N3O2S. The molecule has 6 heteroatoms. The van der Waals surface area contributed by atoms with Crippen molar-refractivity contribution in [3.63, 3.8) is 0 Å². The first kappa shape index (κ1) is 19.6. The predicted octanol–water partition coefficient (Wildman–Crippen LogP) is 5.83. The molecule has 3 heterocycles. The minimum Gasteiger partial charge on any atom is -0.462 e. The van der Waals surface area contributed by atoms with Gasteiger partial charge in [0.1, 0.15) is 12.6 Å². The third kappa shape index (κ3) is 4.25. The standard InChI is InChI=1S/C25H23N3O2S/c1-17-8-18(2)10-20(9-17)23-11-22-24(31-23)25(27-15-26-22)28(13-21-14-29-16-30-21)12-19-6-4-3-5-7-19/h3-11,14-15H,12-13,16H2,1-2H3. The molecule has 5 rings (SSSR count). The predicted molar refractivity (Wildman–Crippen MR) is 125 cm³/mol. The molecule has 0 unspecified atom stereocenters. The Morgan fingerprint density at radius 3 is 2.52 bits per heavy atom. The van der Waals surface area contributed by atoms with Crippen molar-refractivity contribution in [1.82, 2.24) is 9.97 Å². The number of thiophene rings is 1. The number of ether oxygens (including phenoxy) is 2. The molecule has 0 bridgehead atoms. The molecule has 1 aliphatic rings. The summed E-state index contributed by atoms with van der Waals surface area (Å²) in [5.41, 5.74) is 5.90. The molecule has 0 radical (unpaired) electrons. The Kier molecular flexibility index (Phi) is 5.30. The first-order chi connectivity index (χ1) is 15.2. The summed E-state index contributed by atoms with van der Waals surface area (Å²) >= 11 is 1.73. The number of hydrogen-bond acceptors (Lipinski definition) is 6. The average Bonchev–Trinajstić information content (AvgIpc) is 3.43. The van der Waals surface area contributed by atoms with Gasteiger partial charge in [0.15, 0.2) is 11.6 Å². The second-order valence-electron chi connectivity index (χ2n) is 7.75. The Bertz CT molecular complexity index is 1230. The molecule has 0 fully saturated rings. The minimum absolute atomic E-state index is 0.267. The van der Waals surface area contributed by atoms with Crippen molar-refractivity contribution in [2.75, 3.05) is 18.2 Å². The van der Waals surface area contributed by atoms with E-state index in [0.717, 1.165) is 21.8 Å². The number of nitrogens with zero attached hydrogens (tertiary/aromatic N) is 3. The van der Waals surface area contributed by atoms with Crippen LogP contribution < -0.4 is 4.90 Å². The minimum atomic E-state index is 0.267. The lowest BCUT2D eigenvalue weighted by Crippen LogP contribution is -2.26. The molecule has 0 saturated heterocycles. The number of fused-ring (bicyclic) bond motifs is 1. The zero-order valence-corrected chi connectivity index (χ0v) is 18.4. The molecule has 0 atom stereocenters. The van der Waals surface area contributed by atoms with Gasteiger partial charge in [-0.2, -0.15) is 0 Å². The van der Waals surface area contributed by atoms with E-state index in [1.165, 1.54) is 27.1 Å². The van der Waals surface area contributed by atoms with Gasteiger partial charge in [0, 0.05) is 11.4 Å². The Labute approximate surface area is 185 Å². The Hall–Kier alpha value is -3.38. The average molecular weight is 430 g/mol. The van der Waals surface area contributed by atoms with Crippen LogP contribution in [0.3, 0.4) is 0 Å². The molecule has 4 aromatic rings. The van der Waals surface area contributed by atoms with Crippen LogP contribution in [0.5, 0.6) is 0 Å². The number of hydrogen-bond donors (Lipinski definition) is 0. The zero-order chi connectivity index (χ0) is 21.2. The first-order valence-electron chi connectivity index (χ1n) is 10.2. The molecular weight excluding hydrogens is 406 g/mol. The molecule has 0 amide bonds. The number of aryl methyl sites for hydroxylation is 2. The lowest BCUT2D eigenvalue weighted by molar-refractivity contribution is 0.0797. The molecule has 2 aromatic carbocycles. The van der Waals surface area contributed by atoms with Crippen LogP contribution in [0.25, 0.3) is 20.7 Å². The summed E-state index contributed by atoms with van der Waals surface area (Å²) in [7, 11) is 0. The van der Waals surface area contributed by atoms with E-state index in [4.69, 9.17) is 9.47 Å². The summed E-state index contributed by atoms with van der Waals surface area (Å²) in [4.78, 5) is 12.7. The number of benzene rings is 2. The van der Waals surface area contributed by atoms with Gasteiger partial charge in [-0.1, -0.05) is 59.7 Å². The van der Waals surface area contributed by atoms with Crippen molar-refractivity contribution in [2.24, 2.45) is 0 Å². The largest absolute Gasteiger partial charge is 0.462 e. The van der Waals surface area contributed by atoms with Gasteiger partial charge in [0.2, 0.25) is 6.79 Å².